The van der Waals surface area contributed by atoms with E-state index in [1.54, 1.807) is 17.8 Å². The Hall–Kier alpha value is -2.19. The zero-order chi connectivity index (χ0) is 15.0. The fourth-order valence-electron chi connectivity index (χ4n) is 2.33. The molecule has 1 aliphatic rings. The third kappa shape index (κ3) is 2.32. The number of thioether (sulfide) groups is 1. The Labute approximate surface area is 126 Å². The second kappa shape index (κ2) is 5.30. The molecule has 2 heterocycles. The second-order valence-electron chi connectivity index (χ2n) is 4.75. The predicted molar refractivity (Wildman–Crippen MR) is 81.4 cm³/mol. The van der Waals surface area contributed by atoms with E-state index in [0.717, 1.165) is 22.4 Å². The SMILES string of the molecule is CCSC1Oc2ccc(C)cc2-c2oc(=O)c(C#N)cc21. The molecular formula is C16H13NO3S. The van der Waals surface area contributed by atoms with Gasteiger partial charge in [-0.2, -0.15) is 5.26 Å². The van der Waals surface area contributed by atoms with Crippen molar-refractivity contribution in [1.82, 2.24) is 0 Å². The van der Waals surface area contributed by atoms with Crippen LogP contribution in [0.25, 0.3) is 11.3 Å². The van der Waals surface area contributed by atoms with Gasteiger partial charge in [-0.3, -0.25) is 0 Å². The van der Waals surface area contributed by atoms with E-state index in [0.29, 0.717) is 11.5 Å². The summed E-state index contributed by atoms with van der Waals surface area (Å²) in [6.07, 6.45) is 0. The molecule has 21 heavy (non-hydrogen) atoms. The first-order valence-electron chi connectivity index (χ1n) is 6.61. The molecular weight excluding hydrogens is 286 g/mol. The van der Waals surface area contributed by atoms with Gasteiger partial charge in [0.2, 0.25) is 0 Å². The van der Waals surface area contributed by atoms with E-state index in [9.17, 15) is 4.79 Å². The standard InChI is InChI=1S/C16H13NO3S/c1-3-21-16-12-7-10(8-17)15(18)20-14(12)11-6-9(2)4-5-13(11)19-16/h4-7,16H,3H2,1-2H3. The molecule has 0 spiro atoms. The molecule has 0 aliphatic carbocycles. The van der Waals surface area contributed by atoms with E-state index >= 15 is 0 Å². The van der Waals surface area contributed by atoms with Crippen molar-refractivity contribution in [3.63, 3.8) is 0 Å². The third-order valence-electron chi connectivity index (χ3n) is 3.28. The highest BCUT2D eigenvalue weighted by molar-refractivity contribution is 7.99. The lowest BCUT2D eigenvalue weighted by atomic mass is 10.0. The van der Waals surface area contributed by atoms with Gasteiger partial charge in [0.05, 0.1) is 5.56 Å². The number of hydrogen-bond donors (Lipinski definition) is 0. The Bertz CT molecular complexity index is 804. The van der Waals surface area contributed by atoms with Gasteiger partial charge in [0.25, 0.3) is 0 Å². The first-order chi connectivity index (χ1) is 10.1. The minimum Gasteiger partial charge on any atom is -0.474 e. The van der Waals surface area contributed by atoms with Crippen LogP contribution >= 0.6 is 11.8 Å². The molecule has 0 fully saturated rings. The Morgan fingerprint density at radius 3 is 2.90 bits per heavy atom. The summed E-state index contributed by atoms with van der Waals surface area (Å²) in [5.74, 6) is 2.06. The molecule has 0 radical (unpaired) electrons. The first kappa shape index (κ1) is 13.8. The summed E-state index contributed by atoms with van der Waals surface area (Å²) in [5.41, 5.74) is 1.70. The van der Waals surface area contributed by atoms with E-state index in [-0.39, 0.29) is 11.0 Å². The minimum atomic E-state index is -0.606. The van der Waals surface area contributed by atoms with E-state index in [4.69, 9.17) is 14.4 Å². The number of nitrogens with zero attached hydrogens (tertiary/aromatic N) is 1. The zero-order valence-electron chi connectivity index (χ0n) is 11.7. The lowest BCUT2D eigenvalue weighted by Gasteiger charge is -2.27. The molecule has 0 amide bonds. The van der Waals surface area contributed by atoms with Crippen LogP contribution in [0.5, 0.6) is 5.75 Å². The molecule has 1 aliphatic heterocycles. The van der Waals surface area contributed by atoms with Crippen LogP contribution in [-0.2, 0) is 0 Å². The lowest BCUT2D eigenvalue weighted by molar-refractivity contribution is 0.283. The van der Waals surface area contributed by atoms with Crippen molar-refractivity contribution < 1.29 is 9.15 Å². The number of benzene rings is 1. The summed E-state index contributed by atoms with van der Waals surface area (Å²) in [6, 6.07) is 9.22. The maximum Gasteiger partial charge on any atom is 0.354 e. The van der Waals surface area contributed by atoms with Crippen LogP contribution in [0.3, 0.4) is 0 Å². The summed E-state index contributed by atoms with van der Waals surface area (Å²) in [6.45, 7) is 4.00. The van der Waals surface area contributed by atoms with Crippen molar-refractivity contribution in [2.45, 2.75) is 19.3 Å². The Morgan fingerprint density at radius 2 is 2.19 bits per heavy atom. The number of nitriles is 1. The number of rotatable bonds is 2. The monoisotopic (exact) mass is 299 g/mol. The summed E-state index contributed by atoms with van der Waals surface area (Å²) >= 11 is 1.59. The molecule has 1 aromatic carbocycles. The van der Waals surface area contributed by atoms with Crippen LogP contribution in [0.1, 0.15) is 29.1 Å². The van der Waals surface area contributed by atoms with Gasteiger partial charge in [-0.05, 0) is 30.9 Å². The van der Waals surface area contributed by atoms with Crippen LogP contribution < -0.4 is 10.4 Å². The molecule has 3 rings (SSSR count). The van der Waals surface area contributed by atoms with Gasteiger partial charge < -0.3 is 9.15 Å². The maximum atomic E-state index is 11.8. The van der Waals surface area contributed by atoms with Crippen LogP contribution in [0.4, 0.5) is 0 Å². The quantitative estimate of drug-likeness (QED) is 0.847. The molecule has 0 bridgehead atoms. The van der Waals surface area contributed by atoms with Crippen molar-refractivity contribution >= 4 is 11.8 Å². The van der Waals surface area contributed by atoms with Crippen molar-refractivity contribution in [3.05, 3.63) is 51.4 Å². The average Bonchev–Trinajstić information content (AvgIpc) is 2.48. The van der Waals surface area contributed by atoms with E-state index < -0.39 is 5.63 Å². The Morgan fingerprint density at radius 1 is 1.38 bits per heavy atom. The minimum absolute atomic E-state index is 0.00940. The zero-order valence-corrected chi connectivity index (χ0v) is 12.5. The molecule has 1 aromatic heterocycles. The molecule has 106 valence electrons. The number of hydrogen-bond acceptors (Lipinski definition) is 5. The maximum absolute atomic E-state index is 11.8. The number of ether oxygens (including phenoxy) is 1. The van der Waals surface area contributed by atoms with Gasteiger partial charge in [-0.25, -0.2) is 4.79 Å². The van der Waals surface area contributed by atoms with Crippen molar-refractivity contribution in [2.75, 3.05) is 5.75 Å². The fourth-order valence-corrected chi connectivity index (χ4v) is 3.16. The van der Waals surface area contributed by atoms with Gasteiger partial charge in [0, 0.05) is 5.56 Å². The highest BCUT2D eigenvalue weighted by atomic mass is 32.2. The van der Waals surface area contributed by atoms with Crippen LogP contribution in [0.15, 0.2) is 33.5 Å². The van der Waals surface area contributed by atoms with Crippen molar-refractivity contribution in [3.8, 4) is 23.1 Å². The third-order valence-corrected chi connectivity index (χ3v) is 4.27. The summed E-state index contributed by atoms with van der Waals surface area (Å²) in [4.78, 5) is 11.8. The molecule has 1 unspecified atom stereocenters. The van der Waals surface area contributed by atoms with Crippen LogP contribution in [0, 0.1) is 18.3 Å². The van der Waals surface area contributed by atoms with E-state index in [1.807, 2.05) is 38.1 Å². The number of fused-ring (bicyclic) bond motifs is 3. The van der Waals surface area contributed by atoms with Gasteiger partial charge in [-0.1, -0.05) is 18.6 Å². The van der Waals surface area contributed by atoms with Gasteiger partial charge in [0.15, 0.2) is 5.44 Å². The van der Waals surface area contributed by atoms with Gasteiger partial charge in [0.1, 0.15) is 23.1 Å². The second-order valence-corrected chi connectivity index (χ2v) is 6.09. The van der Waals surface area contributed by atoms with Crippen molar-refractivity contribution in [2.24, 2.45) is 0 Å². The molecule has 5 heteroatoms. The topological polar surface area (TPSA) is 63.2 Å². The smallest absolute Gasteiger partial charge is 0.354 e. The van der Waals surface area contributed by atoms with Crippen molar-refractivity contribution in [1.29, 1.82) is 5.26 Å². The van der Waals surface area contributed by atoms with Gasteiger partial charge >= 0.3 is 5.63 Å². The molecule has 0 N–H and O–H groups in total. The summed E-state index contributed by atoms with van der Waals surface area (Å²) in [7, 11) is 0. The molecule has 4 nitrogen and oxygen atoms in total. The summed E-state index contributed by atoms with van der Waals surface area (Å²) < 4.78 is 11.4. The highest BCUT2D eigenvalue weighted by Crippen LogP contribution is 2.46. The van der Waals surface area contributed by atoms with Gasteiger partial charge in [-0.15, -0.1) is 11.8 Å². The Balaban J connectivity index is 2.27. The molecule has 1 atom stereocenters. The fraction of sp³-hybridized carbons (Fsp3) is 0.250. The lowest BCUT2D eigenvalue weighted by Crippen LogP contribution is -2.16. The Kier molecular flexibility index (Phi) is 3.48. The van der Waals surface area contributed by atoms with E-state index in [1.165, 1.54) is 0 Å². The highest BCUT2D eigenvalue weighted by Gasteiger charge is 2.29. The molecule has 0 saturated heterocycles. The first-order valence-corrected chi connectivity index (χ1v) is 7.66. The molecule has 0 saturated carbocycles. The normalized spacial score (nSPS) is 15.6. The molecule has 2 aromatic rings. The van der Waals surface area contributed by atoms with E-state index in [2.05, 4.69) is 0 Å². The summed E-state index contributed by atoms with van der Waals surface area (Å²) in [5, 5.41) is 9.02. The van der Waals surface area contributed by atoms with Crippen LogP contribution in [0.2, 0.25) is 0 Å². The largest absolute Gasteiger partial charge is 0.474 e. The number of aryl methyl sites for hydroxylation is 1. The predicted octanol–water partition coefficient (Wildman–Crippen LogP) is 3.63. The average molecular weight is 299 g/mol. The van der Waals surface area contributed by atoms with Crippen LogP contribution in [-0.4, -0.2) is 5.75 Å².